The Morgan fingerprint density at radius 3 is 2.88 bits per heavy atom. The Balaban J connectivity index is 1.62. The van der Waals surface area contributed by atoms with Crippen molar-refractivity contribution < 1.29 is 14.1 Å². The van der Waals surface area contributed by atoms with Gasteiger partial charge in [0.1, 0.15) is 5.75 Å². The first-order valence-electron chi connectivity index (χ1n) is 7.80. The molecule has 0 saturated carbocycles. The zero-order valence-electron chi connectivity index (χ0n) is 14.4. The molecule has 25 heavy (non-hydrogen) atoms. The molecule has 2 aromatic heterocycles. The second-order valence-corrected chi connectivity index (χ2v) is 6.67. The van der Waals surface area contributed by atoms with Crippen LogP contribution >= 0.6 is 11.3 Å². The van der Waals surface area contributed by atoms with Crippen LogP contribution in [0.25, 0.3) is 10.7 Å². The second-order valence-electron chi connectivity index (χ2n) is 5.72. The Bertz CT molecular complexity index is 858. The van der Waals surface area contributed by atoms with E-state index in [0.29, 0.717) is 18.1 Å². The maximum atomic E-state index is 12.4. The van der Waals surface area contributed by atoms with Crippen LogP contribution in [0.1, 0.15) is 17.0 Å². The van der Waals surface area contributed by atoms with Crippen LogP contribution in [-0.4, -0.2) is 35.1 Å². The van der Waals surface area contributed by atoms with E-state index in [1.807, 2.05) is 42.6 Å². The largest absolute Gasteiger partial charge is 0.496 e. The number of rotatable bonds is 6. The number of likely N-dealkylation sites (N-methyl/N-ethyl adjacent to an activating group) is 1. The van der Waals surface area contributed by atoms with E-state index in [2.05, 4.69) is 10.1 Å². The summed E-state index contributed by atoms with van der Waals surface area (Å²) < 4.78 is 10.5. The molecule has 0 radical (unpaired) electrons. The molecule has 0 atom stereocenters. The lowest BCUT2D eigenvalue weighted by Crippen LogP contribution is -2.27. The fourth-order valence-corrected chi connectivity index (χ4v) is 3.13. The van der Waals surface area contributed by atoms with Crippen molar-refractivity contribution in [1.82, 2.24) is 15.0 Å². The van der Waals surface area contributed by atoms with Crippen molar-refractivity contribution in [3.05, 3.63) is 52.7 Å². The number of thiophene rings is 1. The number of carbonyl (C=O) groups is 1. The average molecular weight is 357 g/mol. The van der Waals surface area contributed by atoms with Gasteiger partial charge in [0, 0.05) is 7.05 Å². The molecule has 0 unspecified atom stereocenters. The number of benzene rings is 1. The minimum absolute atomic E-state index is 0.0135. The zero-order valence-corrected chi connectivity index (χ0v) is 15.2. The van der Waals surface area contributed by atoms with Gasteiger partial charge in [0.05, 0.1) is 25.0 Å². The highest BCUT2D eigenvalue weighted by Crippen LogP contribution is 2.22. The molecule has 1 amide bonds. The van der Waals surface area contributed by atoms with Crippen molar-refractivity contribution in [2.75, 3.05) is 14.2 Å². The van der Waals surface area contributed by atoms with Gasteiger partial charge in [-0.2, -0.15) is 4.98 Å². The Morgan fingerprint density at radius 1 is 1.36 bits per heavy atom. The molecule has 3 rings (SSSR count). The predicted molar refractivity (Wildman–Crippen MR) is 95.5 cm³/mol. The average Bonchev–Trinajstić information content (AvgIpc) is 3.26. The first-order chi connectivity index (χ1) is 12.1. The summed E-state index contributed by atoms with van der Waals surface area (Å²) in [4.78, 5) is 19.3. The Labute approximate surface area is 150 Å². The van der Waals surface area contributed by atoms with E-state index in [9.17, 15) is 4.79 Å². The molecule has 2 heterocycles. The summed E-state index contributed by atoms with van der Waals surface area (Å²) in [5.74, 6) is 1.78. The van der Waals surface area contributed by atoms with Gasteiger partial charge in [-0.25, -0.2) is 0 Å². The molecule has 0 fully saturated rings. The third-order valence-corrected chi connectivity index (χ3v) is 4.69. The van der Waals surface area contributed by atoms with E-state index >= 15 is 0 Å². The van der Waals surface area contributed by atoms with Gasteiger partial charge in [0.25, 0.3) is 0 Å². The van der Waals surface area contributed by atoms with Gasteiger partial charge in [-0.3, -0.25) is 4.79 Å². The number of hydrogen-bond donors (Lipinski definition) is 0. The third-order valence-electron chi connectivity index (χ3n) is 3.82. The Morgan fingerprint density at radius 2 is 2.20 bits per heavy atom. The SMILES string of the molecule is COc1ccc(CC(=O)N(C)Cc2nc(-c3cccs3)no2)cc1C. The highest BCUT2D eigenvalue weighted by molar-refractivity contribution is 7.13. The summed E-state index contributed by atoms with van der Waals surface area (Å²) in [7, 11) is 3.36. The number of hydrogen-bond acceptors (Lipinski definition) is 6. The van der Waals surface area contributed by atoms with Crippen LogP contribution in [0, 0.1) is 6.92 Å². The van der Waals surface area contributed by atoms with Crippen LogP contribution in [0.2, 0.25) is 0 Å². The Kier molecular flexibility index (Phi) is 5.14. The van der Waals surface area contributed by atoms with E-state index in [0.717, 1.165) is 21.8 Å². The van der Waals surface area contributed by atoms with E-state index in [1.54, 1.807) is 30.4 Å². The van der Waals surface area contributed by atoms with Gasteiger partial charge in [0.15, 0.2) is 0 Å². The van der Waals surface area contributed by atoms with Crippen molar-refractivity contribution in [3.8, 4) is 16.5 Å². The van der Waals surface area contributed by atoms with Crippen LogP contribution in [0.5, 0.6) is 5.75 Å². The van der Waals surface area contributed by atoms with E-state index < -0.39 is 0 Å². The maximum absolute atomic E-state index is 12.4. The third kappa shape index (κ3) is 4.06. The van der Waals surface area contributed by atoms with Crippen LogP contribution in [0.15, 0.2) is 40.2 Å². The monoisotopic (exact) mass is 357 g/mol. The summed E-state index contributed by atoms with van der Waals surface area (Å²) in [6, 6.07) is 9.61. The molecule has 1 aromatic carbocycles. The van der Waals surface area contributed by atoms with Crippen LogP contribution < -0.4 is 4.74 Å². The lowest BCUT2D eigenvalue weighted by Gasteiger charge is -2.15. The summed E-state index contributed by atoms with van der Waals surface area (Å²) in [5, 5.41) is 5.91. The van der Waals surface area contributed by atoms with Gasteiger partial charge < -0.3 is 14.2 Å². The van der Waals surface area contributed by atoms with E-state index in [1.165, 1.54) is 0 Å². The summed E-state index contributed by atoms with van der Waals surface area (Å²) >= 11 is 1.54. The second kappa shape index (κ2) is 7.48. The van der Waals surface area contributed by atoms with Gasteiger partial charge in [-0.05, 0) is 35.6 Å². The number of amides is 1. The van der Waals surface area contributed by atoms with Crippen molar-refractivity contribution in [1.29, 1.82) is 0 Å². The molecule has 0 saturated heterocycles. The molecule has 0 N–H and O–H groups in total. The molecule has 0 aliphatic rings. The first kappa shape index (κ1) is 17.2. The minimum Gasteiger partial charge on any atom is -0.496 e. The summed E-state index contributed by atoms with van der Waals surface area (Å²) in [6.45, 7) is 2.24. The summed E-state index contributed by atoms with van der Waals surface area (Å²) in [6.07, 6.45) is 0.313. The van der Waals surface area contributed by atoms with E-state index in [-0.39, 0.29) is 12.5 Å². The smallest absolute Gasteiger partial charge is 0.246 e. The fraction of sp³-hybridized carbons (Fsp3) is 0.278. The number of ether oxygens (including phenoxy) is 1. The molecule has 0 aliphatic heterocycles. The topological polar surface area (TPSA) is 68.5 Å². The predicted octanol–water partition coefficient (Wildman–Crippen LogP) is 3.32. The number of aryl methyl sites for hydroxylation is 1. The zero-order chi connectivity index (χ0) is 17.8. The highest BCUT2D eigenvalue weighted by Gasteiger charge is 2.16. The number of aromatic nitrogens is 2. The molecule has 130 valence electrons. The number of nitrogens with zero attached hydrogens (tertiary/aromatic N) is 3. The van der Waals surface area contributed by atoms with Gasteiger partial charge in [-0.15, -0.1) is 11.3 Å². The highest BCUT2D eigenvalue weighted by atomic mass is 32.1. The maximum Gasteiger partial charge on any atom is 0.246 e. The van der Waals surface area contributed by atoms with Crippen LogP contribution in [-0.2, 0) is 17.8 Å². The summed E-state index contributed by atoms with van der Waals surface area (Å²) in [5.41, 5.74) is 1.95. The molecule has 0 spiro atoms. The molecule has 7 heteroatoms. The number of methoxy groups -OCH3 is 1. The lowest BCUT2D eigenvalue weighted by atomic mass is 10.1. The molecule has 0 aliphatic carbocycles. The fourth-order valence-electron chi connectivity index (χ4n) is 2.48. The normalized spacial score (nSPS) is 10.7. The van der Waals surface area contributed by atoms with Crippen molar-refractivity contribution in [2.45, 2.75) is 19.9 Å². The van der Waals surface area contributed by atoms with Crippen molar-refractivity contribution in [2.24, 2.45) is 0 Å². The first-order valence-corrected chi connectivity index (χ1v) is 8.68. The molecule has 6 nitrogen and oxygen atoms in total. The minimum atomic E-state index is -0.0135. The van der Waals surface area contributed by atoms with Gasteiger partial charge in [-0.1, -0.05) is 23.4 Å². The van der Waals surface area contributed by atoms with Gasteiger partial charge >= 0.3 is 0 Å². The quantitative estimate of drug-likeness (QED) is 0.677. The lowest BCUT2D eigenvalue weighted by molar-refractivity contribution is -0.130. The molecule has 3 aromatic rings. The van der Waals surface area contributed by atoms with Gasteiger partial charge in [0.2, 0.25) is 17.6 Å². The molecular weight excluding hydrogens is 338 g/mol. The van der Waals surface area contributed by atoms with Crippen LogP contribution in [0.4, 0.5) is 0 Å². The molecule has 0 bridgehead atoms. The van der Waals surface area contributed by atoms with Crippen LogP contribution in [0.3, 0.4) is 0 Å². The van der Waals surface area contributed by atoms with Crippen molar-refractivity contribution in [3.63, 3.8) is 0 Å². The number of carbonyl (C=O) groups excluding carboxylic acids is 1. The molecular formula is C18H19N3O3S. The standard InChI is InChI=1S/C18H19N3O3S/c1-12-9-13(6-7-14(12)23-3)10-17(22)21(2)11-16-19-18(20-24-16)15-5-4-8-25-15/h4-9H,10-11H2,1-3H3. The van der Waals surface area contributed by atoms with Crippen molar-refractivity contribution >= 4 is 17.2 Å². The Hall–Kier alpha value is -2.67. The van der Waals surface area contributed by atoms with E-state index in [4.69, 9.17) is 9.26 Å².